The van der Waals surface area contributed by atoms with E-state index in [9.17, 15) is 4.79 Å². The number of halogens is 1. The summed E-state index contributed by atoms with van der Waals surface area (Å²) in [5.41, 5.74) is -0.214. The topological polar surface area (TPSA) is 50.4 Å². The quantitative estimate of drug-likeness (QED) is 0.801. The lowest BCUT2D eigenvalue weighted by atomic mass is 9.89. The van der Waals surface area contributed by atoms with Gasteiger partial charge >= 0.3 is 0 Å². The molecule has 100 valence electrons. The normalized spacial score (nSPS) is 32.9. The Morgan fingerprint density at radius 2 is 2.35 bits per heavy atom. The van der Waals surface area contributed by atoms with Crippen LogP contribution in [0, 0.1) is 5.41 Å². The summed E-state index contributed by atoms with van der Waals surface area (Å²) in [7, 11) is 0. The Bertz CT molecular complexity index is 249. The van der Waals surface area contributed by atoms with Crippen molar-refractivity contribution in [2.45, 2.75) is 38.7 Å². The van der Waals surface area contributed by atoms with Gasteiger partial charge in [-0.2, -0.15) is 0 Å². The zero-order valence-corrected chi connectivity index (χ0v) is 11.3. The van der Waals surface area contributed by atoms with Crippen LogP contribution in [0.15, 0.2) is 0 Å². The molecule has 2 aliphatic rings. The Morgan fingerprint density at radius 1 is 1.53 bits per heavy atom. The van der Waals surface area contributed by atoms with Crippen molar-refractivity contribution < 1.29 is 9.53 Å². The van der Waals surface area contributed by atoms with E-state index in [1.807, 2.05) is 6.92 Å². The molecule has 0 aromatic carbocycles. The maximum atomic E-state index is 12.0. The number of rotatable bonds is 3. The van der Waals surface area contributed by atoms with Crippen LogP contribution in [0.5, 0.6) is 0 Å². The van der Waals surface area contributed by atoms with E-state index in [0.29, 0.717) is 6.54 Å². The van der Waals surface area contributed by atoms with Crippen molar-refractivity contribution in [3.05, 3.63) is 0 Å². The number of hydrogen-bond acceptors (Lipinski definition) is 3. The lowest BCUT2D eigenvalue weighted by molar-refractivity contribution is -0.130. The molecule has 4 nitrogen and oxygen atoms in total. The number of nitrogens with one attached hydrogen (secondary N) is 2. The Kier molecular flexibility index (Phi) is 5.70. The molecular weight excluding hydrogens is 240 g/mol. The molecule has 0 spiro atoms. The fourth-order valence-electron chi connectivity index (χ4n) is 2.40. The summed E-state index contributed by atoms with van der Waals surface area (Å²) in [5, 5.41) is 6.27. The molecule has 2 rings (SSSR count). The molecular formula is C12H23ClN2O2. The smallest absolute Gasteiger partial charge is 0.227 e. The largest absolute Gasteiger partial charge is 0.376 e. The van der Waals surface area contributed by atoms with Crippen LogP contribution in [-0.4, -0.2) is 38.3 Å². The second-order valence-electron chi connectivity index (χ2n) is 5.19. The van der Waals surface area contributed by atoms with E-state index in [1.54, 1.807) is 0 Å². The highest BCUT2D eigenvalue weighted by Crippen LogP contribution is 2.24. The molecule has 0 saturated carbocycles. The van der Waals surface area contributed by atoms with Gasteiger partial charge in [0.2, 0.25) is 5.91 Å². The minimum atomic E-state index is -0.214. The van der Waals surface area contributed by atoms with Gasteiger partial charge in [0.1, 0.15) is 0 Å². The van der Waals surface area contributed by atoms with Gasteiger partial charge in [0.05, 0.1) is 11.5 Å². The maximum Gasteiger partial charge on any atom is 0.227 e. The van der Waals surface area contributed by atoms with Crippen molar-refractivity contribution >= 4 is 18.3 Å². The van der Waals surface area contributed by atoms with Crippen LogP contribution in [0.25, 0.3) is 0 Å². The number of carbonyl (C=O) groups is 1. The van der Waals surface area contributed by atoms with E-state index in [0.717, 1.165) is 39.0 Å². The first-order valence-corrected chi connectivity index (χ1v) is 6.31. The molecule has 0 aromatic rings. The van der Waals surface area contributed by atoms with Crippen LogP contribution in [0.1, 0.15) is 32.6 Å². The van der Waals surface area contributed by atoms with E-state index in [-0.39, 0.29) is 29.8 Å². The van der Waals surface area contributed by atoms with Crippen LogP contribution in [-0.2, 0) is 9.53 Å². The van der Waals surface area contributed by atoms with Crippen molar-refractivity contribution in [1.82, 2.24) is 10.6 Å². The van der Waals surface area contributed by atoms with E-state index in [4.69, 9.17) is 4.74 Å². The fourth-order valence-corrected chi connectivity index (χ4v) is 2.40. The first-order chi connectivity index (χ1) is 7.71. The predicted molar refractivity (Wildman–Crippen MR) is 69.4 cm³/mol. The van der Waals surface area contributed by atoms with Crippen LogP contribution < -0.4 is 10.6 Å². The van der Waals surface area contributed by atoms with Crippen LogP contribution in [0.4, 0.5) is 0 Å². The lowest BCUT2D eigenvalue weighted by Gasteiger charge is -2.26. The Hall–Kier alpha value is -0.320. The third kappa shape index (κ3) is 3.83. The molecule has 2 fully saturated rings. The standard InChI is InChI=1S/C12H22N2O2.ClH/c1-12(5-6-13-9-12)11(15)14-8-10-4-2-3-7-16-10;/h10,13H,2-9H2,1H3,(H,14,15);1H. The summed E-state index contributed by atoms with van der Waals surface area (Å²) in [6, 6.07) is 0. The number of amides is 1. The third-order valence-corrected chi connectivity index (χ3v) is 3.68. The van der Waals surface area contributed by atoms with Crippen molar-refractivity contribution in [1.29, 1.82) is 0 Å². The van der Waals surface area contributed by atoms with Crippen LogP contribution in [0.2, 0.25) is 0 Å². The summed E-state index contributed by atoms with van der Waals surface area (Å²) >= 11 is 0. The minimum absolute atomic E-state index is 0. The zero-order chi connectivity index (χ0) is 11.4. The van der Waals surface area contributed by atoms with E-state index in [1.165, 1.54) is 6.42 Å². The van der Waals surface area contributed by atoms with Gasteiger partial charge in [-0.1, -0.05) is 0 Å². The molecule has 2 heterocycles. The molecule has 2 atom stereocenters. The summed E-state index contributed by atoms with van der Waals surface area (Å²) < 4.78 is 5.59. The highest BCUT2D eigenvalue weighted by Gasteiger charge is 2.36. The van der Waals surface area contributed by atoms with Gasteiger partial charge in [0, 0.05) is 19.7 Å². The van der Waals surface area contributed by atoms with Crippen LogP contribution in [0.3, 0.4) is 0 Å². The van der Waals surface area contributed by atoms with E-state index >= 15 is 0 Å². The molecule has 17 heavy (non-hydrogen) atoms. The van der Waals surface area contributed by atoms with Gasteiger partial charge in [-0.3, -0.25) is 4.79 Å². The van der Waals surface area contributed by atoms with E-state index < -0.39 is 0 Å². The van der Waals surface area contributed by atoms with Gasteiger partial charge < -0.3 is 15.4 Å². The monoisotopic (exact) mass is 262 g/mol. The van der Waals surface area contributed by atoms with E-state index in [2.05, 4.69) is 10.6 Å². The molecule has 0 aromatic heterocycles. The highest BCUT2D eigenvalue weighted by molar-refractivity contribution is 5.85. The lowest BCUT2D eigenvalue weighted by Crippen LogP contribution is -2.44. The van der Waals surface area contributed by atoms with Gasteiger partial charge in [-0.05, 0) is 39.2 Å². The van der Waals surface area contributed by atoms with Crippen molar-refractivity contribution in [2.75, 3.05) is 26.2 Å². The minimum Gasteiger partial charge on any atom is -0.376 e. The van der Waals surface area contributed by atoms with Gasteiger partial charge in [0.25, 0.3) is 0 Å². The molecule has 2 aliphatic heterocycles. The Balaban J connectivity index is 0.00000144. The summed E-state index contributed by atoms with van der Waals surface area (Å²) in [6.07, 6.45) is 4.63. The SMILES string of the molecule is CC1(C(=O)NCC2CCCCO2)CCNC1.Cl. The van der Waals surface area contributed by atoms with Gasteiger partial charge in [-0.15, -0.1) is 12.4 Å². The average molecular weight is 263 g/mol. The third-order valence-electron chi connectivity index (χ3n) is 3.68. The summed E-state index contributed by atoms with van der Waals surface area (Å²) in [5.74, 6) is 0.173. The molecule has 2 N–H and O–H groups in total. The number of ether oxygens (including phenoxy) is 1. The van der Waals surface area contributed by atoms with Crippen LogP contribution >= 0.6 is 12.4 Å². The molecule has 5 heteroatoms. The Labute approximate surface area is 109 Å². The first kappa shape index (κ1) is 14.7. The fraction of sp³-hybridized carbons (Fsp3) is 0.917. The number of carbonyl (C=O) groups excluding carboxylic acids is 1. The first-order valence-electron chi connectivity index (χ1n) is 6.31. The molecule has 0 aliphatic carbocycles. The highest BCUT2D eigenvalue weighted by atomic mass is 35.5. The zero-order valence-electron chi connectivity index (χ0n) is 10.5. The van der Waals surface area contributed by atoms with Gasteiger partial charge in [-0.25, -0.2) is 0 Å². The molecule has 0 bridgehead atoms. The van der Waals surface area contributed by atoms with Gasteiger partial charge in [0.15, 0.2) is 0 Å². The second-order valence-corrected chi connectivity index (χ2v) is 5.19. The van der Waals surface area contributed by atoms with Crippen molar-refractivity contribution in [3.63, 3.8) is 0 Å². The molecule has 2 saturated heterocycles. The van der Waals surface area contributed by atoms with Crippen molar-refractivity contribution in [3.8, 4) is 0 Å². The maximum absolute atomic E-state index is 12.0. The van der Waals surface area contributed by atoms with Crippen molar-refractivity contribution in [2.24, 2.45) is 5.41 Å². The second kappa shape index (κ2) is 6.57. The predicted octanol–water partition coefficient (Wildman–Crippen LogP) is 1.09. The molecule has 2 unspecified atom stereocenters. The summed E-state index contributed by atoms with van der Waals surface area (Å²) in [6.45, 7) is 5.30. The number of hydrogen-bond donors (Lipinski definition) is 2. The molecule has 0 radical (unpaired) electrons. The molecule has 1 amide bonds. The summed E-state index contributed by atoms with van der Waals surface area (Å²) in [4.78, 5) is 12.0. The Morgan fingerprint density at radius 3 is 2.94 bits per heavy atom. The average Bonchev–Trinajstić information content (AvgIpc) is 2.76.